The van der Waals surface area contributed by atoms with Crippen molar-refractivity contribution in [1.29, 1.82) is 0 Å². The van der Waals surface area contributed by atoms with Crippen molar-refractivity contribution in [2.45, 2.75) is 74.1 Å². The predicted octanol–water partition coefficient (Wildman–Crippen LogP) is 1.40. The minimum absolute atomic E-state index is 0.172. The van der Waals surface area contributed by atoms with Gasteiger partial charge < -0.3 is 42.6 Å². The summed E-state index contributed by atoms with van der Waals surface area (Å²) in [6.07, 6.45) is -2.36. The molecule has 6 rings (SSSR count). The topological polar surface area (TPSA) is 217 Å². The van der Waals surface area contributed by atoms with E-state index >= 15 is 4.39 Å². The van der Waals surface area contributed by atoms with Gasteiger partial charge in [-0.05, 0) is 19.8 Å². The molecule has 0 unspecified atom stereocenters. The SMILES string of the molecule is C[C@@]12OC3(CCCC3)O[C@@H]1[C@@](CF)(COP(=O)(OCOC(=O)OC1COC1)OCOC(=O)OC1COC1)O[C@H]2n1ccc(=O)[nH]c1=O. The first kappa shape index (κ1) is 33.9. The lowest BCUT2D eigenvalue weighted by Gasteiger charge is -2.34. The first-order chi connectivity index (χ1) is 22.5. The Hall–Kier alpha value is -2.94. The van der Waals surface area contributed by atoms with E-state index in [0.717, 1.165) is 23.5 Å². The van der Waals surface area contributed by atoms with Crippen LogP contribution >= 0.6 is 7.82 Å². The van der Waals surface area contributed by atoms with E-state index in [1.54, 1.807) is 6.92 Å². The van der Waals surface area contributed by atoms with Crippen LogP contribution < -0.4 is 11.2 Å². The van der Waals surface area contributed by atoms with Gasteiger partial charge in [0.15, 0.2) is 29.8 Å². The van der Waals surface area contributed by atoms with E-state index in [1.165, 1.54) is 6.20 Å². The van der Waals surface area contributed by atoms with Gasteiger partial charge in [0.25, 0.3) is 5.56 Å². The quantitative estimate of drug-likeness (QED) is 0.175. The third-order valence-corrected chi connectivity index (χ3v) is 9.54. The number of alkyl halides is 1. The number of nitrogens with one attached hydrogen (secondary N) is 1. The Labute approximate surface area is 265 Å². The first-order valence-electron chi connectivity index (χ1n) is 14.8. The molecule has 0 bridgehead atoms. The van der Waals surface area contributed by atoms with E-state index in [1.807, 2.05) is 0 Å². The third kappa shape index (κ3) is 7.11. The summed E-state index contributed by atoms with van der Waals surface area (Å²) in [6, 6.07) is 1.08. The fourth-order valence-corrected chi connectivity index (χ4v) is 6.80. The number of rotatable bonds is 13. The molecule has 1 aromatic rings. The normalized spacial score (nSPS) is 30.0. The van der Waals surface area contributed by atoms with Crippen LogP contribution in [0.25, 0.3) is 0 Å². The third-order valence-electron chi connectivity index (χ3n) is 8.25. The minimum Gasteiger partial charge on any atom is -0.426 e. The summed E-state index contributed by atoms with van der Waals surface area (Å²) in [5, 5.41) is 0. The number of aromatic nitrogens is 2. The van der Waals surface area contributed by atoms with Crippen LogP contribution in [0.15, 0.2) is 21.9 Å². The Bertz CT molecular complexity index is 1440. The van der Waals surface area contributed by atoms with Crippen molar-refractivity contribution in [1.82, 2.24) is 9.55 Å². The van der Waals surface area contributed by atoms with Gasteiger partial charge in [-0.3, -0.25) is 18.9 Å². The Morgan fingerprint density at radius 1 is 0.979 bits per heavy atom. The van der Waals surface area contributed by atoms with Crippen molar-refractivity contribution in [3.8, 4) is 0 Å². The second-order valence-corrected chi connectivity index (χ2v) is 13.3. The van der Waals surface area contributed by atoms with Crippen LogP contribution in [0.1, 0.15) is 38.8 Å². The zero-order valence-electron chi connectivity index (χ0n) is 25.2. The van der Waals surface area contributed by atoms with Crippen LogP contribution in [-0.4, -0.2) is 110 Å². The lowest BCUT2D eigenvalue weighted by Crippen LogP contribution is -2.51. The number of halogens is 1. The standard InChI is InChI=1S/C26H34FN2O17P/c1-24-19(44-26(46-24)5-2-3-6-26)25(12-27,45-20(24)29-7-4-18(30)28-21(29)31)13-39-47(34,40-14-37-22(32)42-16-8-35-9-16)41-15-38-23(33)43-17-10-36-11-17/h4,7,16-17,19-20H,2-3,5-6,8-15H2,1H3,(H,28,30,31)/t19-,20+,24+,25+/m0/s1. The van der Waals surface area contributed by atoms with Gasteiger partial charge in [-0.2, -0.15) is 0 Å². The molecule has 21 heteroatoms. The fourth-order valence-electron chi connectivity index (χ4n) is 5.83. The fraction of sp³-hybridized carbons (Fsp3) is 0.769. The Balaban J connectivity index is 1.19. The van der Waals surface area contributed by atoms with Gasteiger partial charge in [0.05, 0.1) is 33.0 Å². The molecule has 4 aliphatic heterocycles. The second kappa shape index (κ2) is 13.5. The molecule has 1 saturated carbocycles. The number of hydrogen-bond donors (Lipinski definition) is 1. The molecule has 4 atom stereocenters. The first-order valence-corrected chi connectivity index (χ1v) is 16.2. The van der Waals surface area contributed by atoms with Gasteiger partial charge >= 0.3 is 25.8 Å². The molecule has 0 amide bonds. The average Bonchev–Trinajstić information content (AvgIpc) is 3.63. The highest BCUT2D eigenvalue weighted by molar-refractivity contribution is 7.48. The van der Waals surface area contributed by atoms with Crippen LogP contribution in [0.5, 0.6) is 0 Å². The minimum atomic E-state index is -4.87. The summed E-state index contributed by atoms with van der Waals surface area (Å²) in [6.45, 7) is -1.97. The number of hydrogen-bond acceptors (Lipinski definition) is 17. The lowest BCUT2D eigenvalue weighted by molar-refractivity contribution is -0.253. The number of phosphoric acid groups is 1. The van der Waals surface area contributed by atoms with Crippen molar-refractivity contribution in [3.05, 3.63) is 33.1 Å². The van der Waals surface area contributed by atoms with Crippen molar-refractivity contribution in [2.24, 2.45) is 0 Å². The molecular weight excluding hydrogens is 662 g/mol. The number of phosphoric ester groups is 1. The van der Waals surface area contributed by atoms with Crippen LogP contribution in [0.3, 0.4) is 0 Å². The highest BCUT2D eigenvalue weighted by Crippen LogP contribution is 2.60. The van der Waals surface area contributed by atoms with Gasteiger partial charge in [0, 0.05) is 25.1 Å². The van der Waals surface area contributed by atoms with Gasteiger partial charge in [-0.15, -0.1) is 0 Å². The summed E-state index contributed by atoms with van der Waals surface area (Å²) in [5.74, 6) is -1.12. The molecule has 19 nitrogen and oxygen atoms in total. The van der Waals surface area contributed by atoms with Crippen molar-refractivity contribution in [2.75, 3.05) is 53.3 Å². The molecule has 1 N–H and O–H groups in total. The number of carbonyl (C=O) groups excluding carboxylic acids is 2. The van der Waals surface area contributed by atoms with Crippen LogP contribution in [0, 0.1) is 0 Å². The van der Waals surface area contributed by atoms with E-state index in [4.69, 9.17) is 56.2 Å². The summed E-state index contributed by atoms with van der Waals surface area (Å²) in [5.41, 5.74) is -5.13. The van der Waals surface area contributed by atoms with Crippen LogP contribution in [-0.2, 0) is 60.8 Å². The van der Waals surface area contributed by atoms with E-state index in [9.17, 15) is 23.7 Å². The zero-order chi connectivity index (χ0) is 33.3. The molecule has 0 radical (unpaired) electrons. The molecule has 5 heterocycles. The van der Waals surface area contributed by atoms with Crippen molar-refractivity contribution in [3.63, 3.8) is 0 Å². The van der Waals surface area contributed by atoms with Crippen molar-refractivity contribution < 1.29 is 74.7 Å². The summed E-state index contributed by atoms with van der Waals surface area (Å²) < 4.78 is 93.8. The largest absolute Gasteiger partial charge is 0.510 e. The maximum Gasteiger partial charge on any atom is 0.510 e. The Kier molecular flexibility index (Phi) is 9.76. The maximum absolute atomic E-state index is 15.3. The summed E-state index contributed by atoms with van der Waals surface area (Å²) >= 11 is 0. The average molecular weight is 697 g/mol. The zero-order valence-corrected chi connectivity index (χ0v) is 26.1. The molecule has 5 fully saturated rings. The van der Waals surface area contributed by atoms with Gasteiger partial charge in [0.1, 0.15) is 18.4 Å². The maximum atomic E-state index is 15.3. The molecule has 47 heavy (non-hydrogen) atoms. The molecule has 1 aromatic heterocycles. The van der Waals surface area contributed by atoms with E-state index < -0.39 is 99.8 Å². The summed E-state index contributed by atoms with van der Waals surface area (Å²) in [7, 11) is -4.87. The highest BCUT2D eigenvalue weighted by Gasteiger charge is 2.72. The van der Waals surface area contributed by atoms with Gasteiger partial charge in [0.2, 0.25) is 13.6 Å². The number of nitrogens with zero attached hydrogens (tertiary/aromatic N) is 1. The highest BCUT2D eigenvalue weighted by atomic mass is 31.2. The van der Waals surface area contributed by atoms with Crippen molar-refractivity contribution >= 4 is 20.1 Å². The summed E-state index contributed by atoms with van der Waals surface area (Å²) in [4.78, 5) is 50.6. The van der Waals surface area contributed by atoms with Crippen LogP contribution in [0.2, 0.25) is 0 Å². The number of carbonyl (C=O) groups is 2. The van der Waals surface area contributed by atoms with E-state index in [0.29, 0.717) is 12.8 Å². The molecule has 5 aliphatic rings. The predicted molar refractivity (Wildman–Crippen MR) is 146 cm³/mol. The number of fused-ring (bicyclic) bond motifs is 1. The Morgan fingerprint density at radius 2 is 1.57 bits per heavy atom. The Morgan fingerprint density at radius 3 is 2.09 bits per heavy atom. The molecule has 1 spiro atoms. The monoisotopic (exact) mass is 696 g/mol. The smallest absolute Gasteiger partial charge is 0.426 e. The second-order valence-electron chi connectivity index (χ2n) is 11.6. The molecule has 262 valence electrons. The van der Waals surface area contributed by atoms with E-state index in [-0.39, 0.29) is 26.4 Å². The lowest BCUT2D eigenvalue weighted by atomic mass is 9.88. The van der Waals surface area contributed by atoms with Crippen LogP contribution in [0.4, 0.5) is 14.0 Å². The van der Waals surface area contributed by atoms with Gasteiger partial charge in [-0.1, -0.05) is 0 Å². The number of aromatic amines is 1. The van der Waals surface area contributed by atoms with Gasteiger partial charge in [-0.25, -0.2) is 32.4 Å². The molecule has 0 aromatic carbocycles. The number of ether oxygens (including phenoxy) is 9. The number of H-pyrrole nitrogens is 1. The molecular formula is C26H34FN2O17P. The molecule has 4 saturated heterocycles. The molecule has 1 aliphatic carbocycles. The van der Waals surface area contributed by atoms with E-state index in [2.05, 4.69) is 4.98 Å².